The van der Waals surface area contributed by atoms with Gasteiger partial charge in [0.15, 0.2) is 0 Å². The fraction of sp³-hybridized carbons (Fsp3) is 0.412. The fourth-order valence-corrected chi connectivity index (χ4v) is 5.23. The van der Waals surface area contributed by atoms with Crippen LogP contribution in [0.25, 0.3) is 4.85 Å². The van der Waals surface area contributed by atoms with Crippen LogP contribution in [-0.2, 0) is 23.7 Å². The number of esters is 1. The zero-order valence-corrected chi connectivity index (χ0v) is 28.1. The number of ether oxygens (including phenoxy) is 5. The van der Waals surface area contributed by atoms with Crippen LogP contribution >= 0.6 is 11.3 Å². The van der Waals surface area contributed by atoms with Crippen LogP contribution in [0.5, 0.6) is 0 Å². The van der Waals surface area contributed by atoms with Crippen LogP contribution in [0.4, 0.5) is 22.1 Å². The molecular weight excluding hydrogens is 638 g/mol. The number of thiophene rings is 1. The van der Waals surface area contributed by atoms with E-state index in [0.29, 0.717) is 79.6 Å². The van der Waals surface area contributed by atoms with Gasteiger partial charge in [-0.3, -0.25) is 0 Å². The molecule has 2 aromatic carbocycles. The van der Waals surface area contributed by atoms with E-state index in [4.69, 9.17) is 35.4 Å². The summed E-state index contributed by atoms with van der Waals surface area (Å²) in [5.74, 6) is -1.90. The highest BCUT2D eigenvalue weighted by Gasteiger charge is 2.17. The number of azo groups is 1. The Labute approximate surface area is 284 Å². The molecule has 14 heteroatoms. The molecule has 1 N–H and O–H groups in total. The second-order valence-electron chi connectivity index (χ2n) is 10.1. The molecule has 0 spiro atoms. The summed E-state index contributed by atoms with van der Waals surface area (Å²) in [5.41, 5.74) is 3.58. The van der Waals surface area contributed by atoms with E-state index in [2.05, 4.69) is 33.0 Å². The molecule has 254 valence electrons. The van der Waals surface area contributed by atoms with Crippen LogP contribution in [0.3, 0.4) is 0 Å². The number of carbonyl (C=O) groups is 2. The first-order valence-corrected chi connectivity index (χ1v) is 16.1. The van der Waals surface area contributed by atoms with Crippen molar-refractivity contribution in [2.75, 3.05) is 77.5 Å². The van der Waals surface area contributed by atoms with Crippen molar-refractivity contribution < 1.29 is 38.4 Å². The van der Waals surface area contributed by atoms with Crippen molar-refractivity contribution in [2.24, 2.45) is 10.2 Å². The second kappa shape index (κ2) is 20.5. The molecule has 0 aliphatic heterocycles. The SMILES string of the molecule is [C-]#[N+]c1c(N=Nc2ccc(N(CC)CCOCCOCCOCCOCCOC(=O)c3ccccc3C(=O)O)cc2C)sc(C#N)c1C. The number of likely N-dealkylation sites (N-methyl/N-ethyl adjacent to an activating group) is 1. The van der Waals surface area contributed by atoms with Gasteiger partial charge in [-0.1, -0.05) is 12.1 Å². The van der Waals surface area contributed by atoms with Crippen LogP contribution in [0.15, 0.2) is 52.7 Å². The molecule has 0 aliphatic carbocycles. The molecule has 1 aromatic heterocycles. The van der Waals surface area contributed by atoms with Gasteiger partial charge in [-0.05, 0) is 62.2 Å². The zero-order chi connectivity index (χ0) is 34.7. The molecule has 1 heterocycles. The van der Waals surface area contributed by atoms with Gasteiger partial charge in [0, 0.05) is 18.8 Å². The number of carboxylic acids is 1. The number of aryl methyl sites for hydroxylation is 1. The largest absolute Gasteiger partial charge is 0.478 e. The van der Waals surface area contributed by atoms with Gasteiger partial charge in [0.05, 0.1) is 81.1 Å². The van der Waals surface area contributed by atoms with Crippen molar-refractivity contribution in [3.63, 3.8) is 0 Å². The van der Waals surface area contributed by atoms with Gasteiger partial charge in [0.2, 0.25) is 5.69 Å². The minimum atomic E-state index is -1.19. The van der Waals surface area contributed by atoms with E-state index < -0.39 is 11.9 Å². The number of carboxylic acid groups (broad SMARTS) is 1. The lowest BCUT2D eigenvalue weighted by molar-refractivity contribution is -0.00848. The Hall–Kier alpha value is -4.70. The highest BCUT2D eigenvalue weighted by atomic mass is 32.1. The number of rotatable bonds is 21. The molecule has 0 aliphatic rings. The summed E-state index contributed by atoms with van der Waals surface area (Å²) in [6.45, 7) is 17.8. The number of anilines is 1. The molecule has 0 fully saturated rings. The van der Waals surface area contributed by atoms with Crippen molar-refractivity contribution in [3.05, 3.63) is 81.0 Å². The van der Waals surface area contributed by atoms with E-state index in [9.17, 15) is 14.9 Å². The summed E-state index contributed by atoms with van der Waals surface area (Å²) in [5, 5.41) is 27.5. The van der Waals surface area contributed by atoms with Gasteiger partial charge in [-0.15, -0.1) is 11.3 Å². The predicted molar refractivity (Wildman–Crippen MR) is 180 cm³/mol. The molecule has 0 unspecified atom stereocenters. The van der Waals surface area contributed by atoms with Crippen molar-refractivity contribution in [2.45, 2.75) is 20.8 Å². The van der Waals surface area contributed by atoms with E-state index >= 15 is 0 Å². The van der Waals surface area contributed by atoms with E-state index in [1.807, 2.05) is 25.1 Å². The minimum Gasteiger partial charge on any atom is -0.478 e. The quantitative estimate of drug-likeness (QED) is 0.0560. The molecule has 0 atom stereocenters. The first-order chi connectivity index (χ1) is 23.3. The van der Waals surface area contributed by atoms with Crippen molar-refractivity contribution in [3.8, 4) is 6.07 Å². The number of hydrogen-bond acceptors (Lipinski definition) is 12. The predicted octanol–water partition coefficient (Wildman–Crippen LogP) is 6.65. The molecule has 0 saturated heterocycles. The lowest BCUT2D eigenvalue weighted by Crippen LogP contribution is -2.27. The Morgan fingerprint density at radius 3 is 2.08 bits per heavy atom. The van der Waals surface area contributed by atoms with Gasteiger partial charge < -0.3 is 33.7 Å². The summed E-state index contributed by atoms with van der Waals surface area (Å²) in [6.07, 6.45) is 0. The van der Waals surface area contributed by atoms with E-state index in [1.54, 1.807) is 19.1 Å². The average molecular weight is 678 g/mol. The molecule has 0 radical (unpaired) electrons. The van der Waals surface area contributed by atoms with Crippen LogP contribution < -0.4 is 4.90 Å². The van der Waals surface area contributed by atoms with Gasteiger partial charge in [-0.2, -0.15) is 15.5 Å². The zero-order valence-electron chi connectivity index (χ0n) is 27.3. The molecular formula is C34H39N5O8S. The number of carbonyl (C=O) groups excluding carboxylic acids is 1. The minimum absolute atomic E-state index is 0.000406. The van der Waals surface area contributed by atoms with Crippen LogP contribution in [-0.4, -0.2) is 89.6 Å². The number of benzene rings is 2. The molecule has 13 nitrogen and oxygen atoms in total. The molecule has 48 heavy (non-hydrogen) atoms. The van der Waals surface area contributed by atoms with Gasteiger partial charge in [0.25, 0.3) is 0 Å². The molecule has 3 rings (SSSR count). The number of nitrogens with zero attached hydrogens (tertiary/aromatic N) is 5. The summed E-state index contributed by atoms with van der Waals surface area (Å²) in [4.78, 5) is 29.5. The third-order valence-corrected chi connectivity index (χ3v) is 8.02. The lowest BCUT2D eigenvalue weighted by atomic mass is 10.1. The van der Waals surface area contributed by atoms with E-state index in [1.165, 1.54) is 23.5 Å². The maximum absolute atomic E-state index is 12.1. The third-order valence-electron chi connectivity index (χ3n) is 6.95. The average Bonchev–Trinajstić information content (AvgIpc) is 3.41. The van der Waals surface area contributed by atoms with Crippen LogP contribution in [0, 0.1) is 31.8 Å². The Kier molecular flexibility index (Phi) is 16.1. The highest BCUT2D eigenvalue weighted by Crippen LogP contribution is 2.42. The Morgan fingerprint density at radius 2 is 1.52 bits per heavy atom. The summed E-state index contributed by atoms with van der Waals surface area (Å²) in [6, 6.07) is 13.9. The van der Waals surface area contributed by atoms with E-state index in [0.717, 1.165) is 17.8 Å². The normalized spacial score (nSPS) is 10.9. The van der Waals surface area contributed by atoms with Gasteiger partial charge >= 0.3 is 11.9 Å². The van der Waals surface area contributed by atoms with Crippen LogP contribution in [0.1, 0.15) is 43.6 Å². The molecule has 0 saturated carbocycles. The lowest BCUT2D eigenvalue weighted by Gasteiger charge is -2.23. The third kappa shape index (κ3) is 11.5. The topological polar surface area (TPSA) is 157 Å². The van der Waals surface area contributed by atoms with Crippen molar-refractivity contribution in [1.82, 2.24) is 0 Å². The monoisotopic (exact) mass is 677 g/mol. The number of aromatic carboxylic acids is 1. The van der Waals surface area contributed by atoms with Gasteiger partial charge in [0.1, 0.15) is 17.7 Å². The van der Waals surface area contributed by atoms with E-state index in [-0.39, 0.29) is 24.3 Å². The highest BCUT2D eigenvalue weighted by molar-refractivity contribution is 7.17. The number of nitriles is 1. The smallest absolute Gasteiger partial charge is 0.339 e. The first kappa shape index (κ1) is 37.8. The second-order valence-corrected chi connectivity index (χ2v) is 11.1. The maximum atomic E-state index is 12.1. The standard InChI is InChI=1S/C34H39N5O8S/c1-5-39(26-10-11-29(24(2)22-26)37-38-32-31(36-4)25(3)30(23-35)48-32)12-13-43-14-15-44-16-17-45-18-19-46-20-21-47-34(42)28-9-7-6-8-27(28)33(40)41/h6-11,22H,5,12-21H2,1-3H3,(H,40,41). The van der Waals surface area contributed by atoms with Crippen molar-refractivity contribution in [1.29, 1.82) is 5.26 Å². The Morgan fingerprint density at radius 1 is 0.917 bits per heavy atom. The summed E-state index contributed by atoms with van der Waals surface area (Å²) >= 11 is 1.17. The first-order valence-electron chi connectivity index (χ1n) is 15.3. The Bertz CT molecular complexity index is 1630. The molecule has 3 aromatic rings. The van der Waals surface area contributed by atoms with Gasteiger partial charge in [-0.25, -0.2) is 14.4 Å². The Balaban J connectivity index is 1.23. The molecule has 0 amide bonds. The number of hydrogen-bond donors (Lipinski definition) is 1. The maximum Gasteiger partial charge on any atom is 0.339 e. The molecule has 0 bridgehead atoms. The van der Waals surface area contributed by atoms with Crippen molar-refractivity contribution >= 4 is 45.3 Å². The fourth-order valence-electron chi connectivity index (χ4n) is 4.37. The van der Waals surface area contributed by atoms with Crippen LogP contribution in [0.2, 0.25) is 0 Å². The summed E-state index contributed by atoms with van der Waals surface area (Å²) < 4.78 is 27.2. The summed E-state index contributed by atoms with van der Waals surface area (Å²) in [7, 11) is 0.